The number of halogens is 1. The van der Waals surface area contributed by atoms with Gasteiger partial charge in [-0.3, -0.25) is 9.59 Å². The Balaban J connectivity index is 1.77. The third-order valence-corrected chi connectivity index (χ3v) is 3.93. The van der Waals surface area contributed by atoms with Crippen molar-refractivity contribution < 1.29 is 23.9 Å². The third kappa shape index (κ3) is 5.13. The molecule has 1 aliphatic rings. The SMILES string of the molecule is NC(=O)[C@H]1CCCCN1C(=O)COC(=O)COc1ccc(Cl)cc1. The maximum Gasteiger partial charge on any atom is 0.344 e. The minimum absolute atomic E-state index is 0.325. The Hall–Kier alpha value is -2.28. The summed E-state index contributed by atoms with van der Waals surface area (Å²) in [6.07, 6.45) is 2.17. The Labute approximate surface area is 144 Å². The zero-order valence-electron chi connectivity index (χ0n) is 13.1. The van der Waals surface area contributed by atoms with Crippen molar-refractivity contribution in [2.24, 2.45) is 5.73 Å². The number of rotatable bonds is 6. The Morgan fingerprint density at radius 3 is 2.54 bits per heavy atom. The number of nitrogens with zero attached hydrogens (tertiary/aromatic N) is 1. The highest BCUT2D eigenvalue weighted by Gasteiger charge is 2.30. The topological polar surface area (TPSA) is 98.9 Å². The summed E-state index contributed by atoms with van der Waals surface area (Å²) in [4.78, 5) is 36.5. The van der Waals surface area contributed by atoms with Crippen molar-refractivity contribution in [3.05, 3.63) is 29.3 Å². The van der Waals surface area contributed by atoms with Crippen molar-refractivity contribution in [2.75, 3.05) is 19.8 Å². The molecular formula is C16H19ClN2O5. The Morgan fingerprint density at radius 1 is 1.17 bits per heavy atom. The van der Waals surface area contributed by atoms with Crippen molar-refractivity contribution >= 4 is 29.4 Å². The smallest absolute Gasteiger partial charge is 0.344 e. The number of hydrogen-bond acceptors (Lipinski definition) is 5. The van der Waals surface area contributed by atoms with Crippen LogP contribution in [0.4, 0.5) is 0 Å². The van der Waals surface area contributed by atoms with E-state index in [1.165, 1.54) is 4.90 Å². The normalized spacial score (nSPS) is 17.2. The molecule has 8 heteroatoms. The van der Waals surface area contributed by atoms with Crippen LogP contribution in [0.15, 0.2) is 24.3 Å². The first-order chi connectivity index (χ1) is 11.5. The molecule has 7 nitrogen and oxygen atoms in total. The average molecular weight is 355 g/mol. The van der Waals surface area contributed by atoms with Gasteiger partial charge in [-0.15, -0.1) is 0 Å². The van der Waals surface area contributed by atoms with Crippen molar-refractivity contribution in [2.45, 2.75) is 25.3 Å². The van der Waals surface area contributed by atoms with E-state index in [4.69, 9.17) is 26.8 Å². The number of piperidine rings is 1. The molecule has 1 heterocycles. The summed E-state index contributed by atoms with van der Waals surface area (Å²) in [6, 6.07) is 5.87. The molecule has 0 spiro atoms. The molecule has 24 heavy (non-hydrogen) atoms. The van der Waals surface area contributed by atoms with Crippen LogP contribution in [0.1, 0.15) is 19.3 Å². The summed E-state index contributed by atoms with van der Waals surface area (Å²) in [5, 5.41) is 0.557. The Morgan fingerprint density at radius 2 is 1.88 bits per heavy atom. The Kier molecular flexibility index (Phi) is 6.43. The van der Waals surface area contributed by atoms with Crippen molar-refractivity contribution in [3.8, 4) is 5.75 Å². The molecule has 2 N–H and O–H groups in total. The quantitative estimate of drug-likeness (QED) is 0.772. The number of amides is 2. The van der Waals surface area contributed by atoms with Crippen LogP contribution in [0.25, 0.3) is 0 Å². The summed E-state index contributed by atoms with van der Waals surface area (Å²) in [6.45, 7) is -0.327. The van der Waals surface area contributed by atoms with E-state index in [1.54, 1.807) is 24.3 Å². The van der Waals surface area contributed by atoms with Gasteiger partial charge in [0.25, 0.3) is 5.91 Å². The maximum atomic E-state index is 12.1. The first-order valence-electron chi connectivity index (χ1n) is 7.60. The van der Waals surface area contributed by atoms with Crippen molar-refractivity contribution in [3.63, 3.8) is 0 Å². The van der Waals surface area contributed by atoms with E-state index in [0.717, 1.165) is 12.8 Å². The summed E-state index contributed by atoms with van der Waals surface area (Å²) in [5.74, 6) is -1.18. The van der Waals surface area contributed by atoms with E-state index in [1.807, 2.05) is 0 Å². The maximum absolute atomic E-state index is 12.1. The van der Waals surface area contributed by atoms with Crippen LogP contribution in [0.3, 0.4) is 0 Å². The molecule has 1 aliphatic heterocycles. The van der Waals surface area contributed by atoms with E-state index >= 15 is 0 Å². The molecule has 1 fully saturated rings. The number of nitrogens with two attached hydrogens (primary N) is 1. The number of benzene rings is 1. The van der Waals surface area contributed by atoms with Crippen LogP contribution in [0.2, 0.25) is 5.02 Å². The second-order valence-corrected chi connectivity index (χ2v) is 5.84. The van der Waals surface area contributed by atoms with Crippen LogP contribution in [0.5, 0.6) is 5.75 Å². The first kappa shape index (κ1) is 18.1. The zero-order chi connectivity index (χ0) is 17.5. The number of likely N-dealkylation sites (tertiary alicyclic amines) is 1. The number of ether oxygens (including phenoxy) is 2. The van der Waals surface area contributed by atoms with Crippen LogP contribution in [-0.2, 0) is 19.1 Å². The molecule has 1 saturated heterocycles. The molecule has 1 aromatic rings. The number of carbonyl (C=O) groups is 3. The van der Waals surface area contributed by atoms with Gasteiger partial charge in [0.1, 0.15) is 11.8 Å². The molecule has 0 saturated carbocycles. The van der Waals surface area contributed by atoms with Crippen LogP contribution in [-0.4, -0.2) is 48.5 Å². The van der Waals surface area contributed by atoms with Crippen LogP contribution in [0, 0.1) is 0 Å². The summed E-state index contributed by atoms with van der Waals surface area (Å²) in [7, 11) is 0. The highest BCUT2D eigenvalue weighted by Crippen LogP contribution is 2.17. The Bertz CT molecular complexity index is 605. The molecule has 0 aromatic heterocycles. The van der Waals surface area contributed by atoms with E-state index in [9.17, 15) is 14.4 Å². The number of primary amides is 1. The summed E-state index contributed by atoms with van der Waals surface area (Å²) >= 11 is 5.74. The predicted molar refractivity (Wildman–Crippen MR) is 86.5 cm³/mol. The third-order valence-electron chi connectivity index (χ3n) is 3.68. The molecule has 2 amide bonds. The van der Waals surface area contributed by atoms with E-state index in [2.05, 4.69) is 0 Å². The lowest BCUT2D eigenvalue weighted by Crippen LogP contribution is -2.51. The lowest BCUT2D eigenvalue weighted by Gasteiger charge is -2.33. The second kappa shape index (κ2) is 8.54. The minimum Gasteiger partial charge on any atom is -0.482 e. The molecule has 0 unspecified atom stereocenters. The molecule has 0 radical (unpaired) electrons. The standard InChI is InChI=1S/C16H19ClN2O5/c17-11-4-6-12(7-5-11)23-10-15(21)24-9-14(20)19-8-2-1-3-13(19)16(18)22/h4-7,13H,1-3,8-10H2,(H2,18,22)/t13-/m1/s1. The second-order valence-electron chi connectivity index (χ2n) is 5.40. The zero-order valence-corrected chi connectivity index (χ0v) is 13.8. The molecule has 0 bridgehead atoms. The fourth-order valence-corrected chi connectivity index (χ4v) is 2.59. The van der Waals surface area contributed by atoms with Gasteiger partial charge < -0.3 is 20.1 Å². The fourth-order valence-electron chi connectivity index (χ4n) is 2.47. The van der Waals surface area contributed by atoms with Gasteiger partial charge >= 0.3 is 5.97 Å². The molecule has 2 rings (SSSR count). The number of carbonyl (C=O) groups excluding carboxylic acids is 3. The molecular weight excluding hydrogens is 336 g/mol. The van der Waals surface area contributed by atoms with Crippen molar-refractivity contribution in [1.29, 1.82) is 0 Å². The average Bonchev–Trinajstić information content (AvgIpc) is 2.59. The molecule has 1 atom stereocenters. The molecule has 0 aliphatic carbocycles. The van der Waals surface area contributed by atoms with E-state index < -0.39 is 30.4 Å². The highest BCUT2D eigenvalue weighted by molar-refractivity contribution is 6.30. The van der Waals surface area contributed by atoms with Crippen LogP contribution >= 0.6 is 11.6 Å². The van der Waals surface area contributed by atoms with E-state index in [0.29, 0.717) is 23.7 Å². The minimum atomic E-state index is -0.675. The van der Waals surface area contributed by atoms with Gasteiger partial charge in [-0.2, -0.15) is 0 Å². The van der Waals surface area contributed by atoms with Gasteiger partial charge in [-0.25, -0.2) is 4.79 Å². The summed E-state index contributed by atoms with van der Waals surface area (Å²) < 4.78 is 10.1. The summed E-state index contributed by atoms with van der Waals surface area (Å²) in [5.41, 5.74) is 5.30. The fraction of sp³-hybridized carbons (Fsp3) is 0.438. The predicted octanol–water partition coefficient (Wildman–Crippen LogP) is 1.13. The first-order valence-corrected chi connectivity index (χ1v) is 7.98. The monoisotopic (exact) mass is 354 g/mol. The molecule has 1 aromatic carbocycles. The highest BCUT2D eigenvalue weighted by atomic mass is 35.5. The van der Waals surface area contributed by atoms with Gasteiger partial charge in [-0.1, -0.05) is 11.6 Å². The van der Waals surface area contributed by atoms with Crippen LogP contribution < -0.4 is 10.5 Å². The van der Waals surface area contributed by atoms with Crippen molar-refractivity contribution in [1.82, 2.24) is 4.90 Å². The number of esters is 1. The largest absolute Gasteiger partial charge is 0.482 e. The van der Waals surface area contributed by atoms with Gasteiger partial charge in [0.05, 0.1) is 0 Å². The lowest BCUT2D eigenvalue weighted by molar-refractivity contribution is -0.156. The van der Waals surface area contributed by atoms with Gasteiger partial charge in [-0.05, 0) is 43.5 Å². The van der Waals surface area contributed by atoms with Gasteiger partial charge in [0.2, 0.25) is 5.91 Å². The van der Waals surface area contributed by atoms with E-state index in [-0.39, 0.29) is 6.61 Å². The number of hydrogen-bond donors (Lipinski definition) is 1. The van der Waals surface area contributed by atoms with Gasteiger partial charge in [0, 0.05) is 11.6 Å². The van der Waals surface area contributed by atoms with Gasteiger partial charge in [0.15, 0.2) is 13.2 Å². The lowest BCUT2D eigenvalue weighted by atomic mass is 10.0. The molecule has 130 valence electrons.